The van der Waals surface area contributed by atoms with E-state index in [9.17, 15) is 9.90 Å². The smallest absolute Gasteiger partial charge is 0.0414 e. The number of carboxylic acids is 1. The first-order chi connectivity index (χ1) is 4.77. The van der Waals surface area contributed by atoms with Crippen molar-refractivity contribution in [1.29, 1.82) is 0 Å². The Balaban J connectivity index is 0. The monoisotopic (exact) mass is 161 g/mol. The van der Waals surface area contributed by atoms with E-state index in [0.717, 1.165) is 19.3 Å². The number of unbranched alkanes of at least 4 members (excludes halogenated alkanes) is 4. The molecule has 68 valence electrons. The second-order valence-corrected chi connectivity index (χ2v) is 2.54. The summed E-state index contributed by atoms with van der Waals surface area (Å²) >= 11 is 0. The lowest BCUT2D eigenvalue weighted by Crippen LogP contribution is -2.21. The van der Waals surface area contributed by atoms with Gasteiger partial charge < -0.3 is 16.1 Å². The van der Waals surface area contributed by atoms with Gasteiger partial charge in [0.05, 0.1) is 0 Å². The van der Waals surface area contributed by atoms with Crippen LogP contribution in [-0.4, -0.2) is 5.97 Å². The maximum atomic E-state index is 9.92. The van der Waals surface area contributed by atoms with Crippen molar-refractivity contribution < 1.29 is 9.90 Å². The van der Waals surface area contributed by atoms with E-state index in [1.165, 1.54) is 12.8 Å². The van der Waals surface area contributed by atoms with E-state index in [1.807, 2.05) is 0 Å². The van der Waals surface area contributed by atoms with Crippen molar-refractivity contribution in [2.24, 2.45) is 0 Å². The zero-order chi connectivity index (χ0) is 7.82. The first-order valence-corrected chi connectivity index (χ1v) is 3.97. The molecule has 0 aliphatic rings. The largest absolute Gasteiger partial charge is 0.550 e. The van der Waals surface area contributed by atoms with Crippen molar-refractivity contribution in [3.05, 3.63) is 0 Å². The Morgan fingerprint density at radius 1 is 1.18 bits per heavy atom. The minimum Gasteiger partial charge on any atom is -0.550 e. The van der Waals surface area contributed by atoms with Crippen molar-refractivity contribution >= 4 is 5.97 Å². The Kier molecular flexibility index (Phi) is 11.2. The molecular weight excluding hydrogens is 142 g/mol. The molecule has 0 atom stereocenters. The van der Waals surface area contributed by atoms with Gasteiger partial charge in [-0.05, 0) is 12.8 Å². The highest BCUT2D eigenvalue weighted by Gasteiger charge is 1.88. The van der Waals surface area contributed by atoms with E-state index in [2.05, 4.69) is 6.92 Å². The van der Waals surface area contributed by atoms with E-state index in [0.29, 0.717) is 0 Å². The highest BCUT2D eigenvalue weighted by molar-refractivity contribution is 5.63. The summed E-state index contributed by atoms with van der Waals surface area (Å²) in [4.78, 5) is 9.92. The van der Waals surface area contributed by atoms with Crippen LogP contribution in [0.25, 0.3) is 0 Å². The van der Waals surface area contributed by atoms with E-state index in [4.69, 9.17) is 0 Å². The van der Waals surface area contributed by atoms with Gasteiger partial charge in [-0.2, -0.15) is 0 Å². The highest BCUT2D eigenvalue weighted by atomic mass is 16.4. The molecule has 0 aromatic carbocycles. The van der Waals surface area contributed by atoms with Crippen LogP contribution in [0.3, 0.4) is 0 Å². The lowest BCUT2D eigenvalue weighted by atomic mass is 10.1. The summed E-state index contributed by atoms with van der Waals surface area (Å²) in [6, 6.07) is 0. The van der Waals surface area contributed by atoms with Crippen LogP contribution in [0.2, 0.25) is 0 Å². The van der Waals surface area contributed by atoms with Crippen LogP contribution < -0.4 is 11.3 Å². The van der Waals surface area contributed by atoms with Gasteiger partial charge in [-0.3, -0.25) is 0 Å². The Morgan fingerprint density at radius 3 is 2.18 bits per heavy atom. The fourth-order valence-electron chi connectivity index (χ4n) is 0.873. The molecule has 0 saturated heterocycles. The number of hydrogen-bond donors (Lipinski definition) is 1. The number of rotatable bonds is 6. The number of quaternary nitrogens is 1. The molecular formula is C8H19NO2. The molecule has 0 heterocycles. The molecule has 0 unspecified atom stereocenters. The topological polar surface area (TPSA) is 76.6 Å². The zero-order valence-corrected chi connectivity index (χ0v) is 7.56. The minimum absolute atomic E-state index is 0. The van der Waals surface area contributed by atoms with Crippen LogP contribution in [0.15, 0.2) is 0 Å². The molecule has 0 aliphatic heterocycles. The molecule has 0 fully saturated rings. The fourth-order valence-corrected chi connectivity index (χ4v) is 0.873. The van der Waals surface area contributed by atoms with Gasteiger partial charge in [0, 0.05) is 5.97 Å². The number of aliphatic carboxylic acids is 1. The standard InChI is InChI=1S/C8H16O2.H3N/c1-2-3-4-5-6-7-8(9)10;/h2-7H2,1H3,(H,9,10);1H3. The quantitative estimate of drug-likeness (QED) is 0.599. The SMILES string of the molecule is CCCCCCCC(=O)[O-].[NH4+]. The Bertz CT molecular complexity index is 94.1. The van der Waals surface area contributed by atoms with Crippen molar-refractivity contribution in [3.63, 3.8) is 0 Å². The fraction of sp³-hybridized carbons (Fsp3) is 0.875. The predicted molar refractivity (Wildman–Crippen MR) is 44.4 cm³/mol. The Labute approximate surface area is 68.4 Å². The van der Waals surface area contributed by atoms with Gasteiger partial charge in [-0.25, -0.2) is 0 Å². The maximum absolute atomic E-state index is 9.92. The normalized spacial score (nSPS) is 8.82. The van der Waals surface area contributed by atoms with E-state index >= 15 is 0 Å². The molecule has 0 saturated carbocycles. The molecule has 0 aromatic heterocycles. The average molecular weight is 161 g/mol. The molecule has 3 heteroatoms. The average Bonchev–Trinajstić information content (AvgIpc) is 1.87. The van der Waals surface area contributed by atoms with Crippen LogP contribution in [0.1, 0.15) is 45.4 Å². The summed E-state index contributed by atoms with van der Waals surface area (Å²) in [5.41, 5.74) is 0. The molecule has 0 amide bonds. The van der Waals surface area contributed by atoms with E-state index in [-0.39, 0.29) is 12.6 Å². The maximum Gasteiger partial charge on any atom is 0.0414 e. The van der Waals surface area contributed by atoms with Crippen LogP contribution in [0, 0.1) is 0 Å². The number of carbonyl (C=O) groups is 1. The summed E-state index contributed by atoms with van der Waals surface area (Å²) in [5.74, 6) is -0.920. The highest BCUT2D eigenvalue weighted by Crippen LogP contribution is 2.03. The van der Waals surface area contributed by atoms with Gasteiger partial charge in [0.25, 0.3) is 0 Å². The van der Waals surface area contributed by atoms with Gasteiger partial charge in [-0.15, -0.1) is 0 Å². The van der Waals surface area contributed by atoms with Crippen molar-refractivity contribution in [1.82, 2.24) is 6.15 Å². The van der Waals surface area contributed by atoms with Crippen LogP contribution in [0.5, 0.6) is 0 Å². The first-order valence-electron chi connectivity index (χ1n) is 3.97. The summed E-state index contributed by atoms with van der Waals surface area (Å²) in [5, 5.41) is 9.92. The third-order valence-electron chi connectivity index (χ3n) is 1.48. The Morgan fingerprint density at radius 2 is 1.73 bits per heavy atom. The Hall–Kier alpha value is -0.570. The molecule has 0 spiro atoms. The van der Waals surface area contributed by atoms with Gasteiger partial charge >= 0.3 is 0 Å². The van der Waals surface area contributed by atoms with E-state index < -0.39 is 5.97 Å². The van der Waals surface area contributed by atoms with Crippen LogP contribution in [0.4, 0.5) is 0 Å². The third kappa shape index (κ3) is 12.6. The second kappa shape index (κ2) is 9.43. The molecule has 0 bridgehead atoms. The van der Waals surface area contributed by atoms with Crippen molar-refractivity contribution in [2.75, 3.05) is 0 Å². The van der Waals surface area contributed by atoms with Crippen molar-refractivity contribution in [2.45, 2.75) is 45.4 Å². The van der Waals surface area contributed by atoms with Gasteiger partial charge in [0.15, 0.2) is 0 Å². The molecule has 0 rings (SSSR count). The molecule has 3 nitrogen and oxygen atoms in total. The number of carboxylic acid groups (broad SMARTS) is 1. The molecule has 4 N–H and O–H groups in total. The predicted octanol–water partition coefficient (Wildman–Crippen LogP) is 1.47. The molecule has 0 radical (unpaired) electrons. The minimum atomic E-state index is -0.920. The second-order valence-electron chi connectivity index (χ2n) is 2.54. The molecule has 11 heavy (non-hydrogen) atoms. The van der Waals surface area contributed by atoms with Gasteiger partial charge in [-0.1, -0.05) is 32.6 Å². The van der Waals surface area contributed by atoms with Crippen LogP contribution >= 0.6 is 0 Å². The number of hydrogen-bond acceptors (Lipinski definition) is 2. The zero-order valence-electron chi connectivity index (χ0n) is 7.56. The summed E-state index contributed by atoms with van der Waals surface area (Å²) < 4.78 is 0. The summed E-state index contributed by atoms with van der Waals surface area (Å²) in [6.45, 7) is 2.14. The van der Waals surface area contributed by atoms with Gasteiger partial charge in [0.1, 0.15) is 0 Å². The molecule has 0 aromatic rings. The third-order valence-corrected chi connectivity index (χ3v) is 1.48. The van der Waals surface area contributed by atoms with E-state index in [1.54, 1.807) is 0 Å². The van der Waals surface area contributed by atoms with Gasteiger partial charge in [0.2, 0.25) is 0 Å². The first kappa shape index (κ1) is 13.1. The number of carbonyl (C=O) groups excluding carboxylic acids is 1. The lowest BCUT2D eigenvalue weighted by Gasteiger charge is -2.00. The van der Waals surface area contributed by atoms with Crippen molar-refractivity contribution in [3.8, 4) is 0 Å². The molecule has 0 aliphatic carbocycles. The van der Waals surface area contributed by atoms with Crippen LogP contribution in [-0.2, 0) is 4.79 Å². The summed E-state index contributed by atoms with van der Waals surface area (Å²) in [6.07, 6.45) is 5.61. The lowest BCUT2D eigenvalue weighted by molar-refractivity contribution is -0.305. The summed E-state index contributed by atoms with van der Waals surface area (Å²) in [7, 11) is 0.